The lowest BCUT2D eigenvalue weighted by atomic mass is 10.6. The Labute approximate surface area is 82.4 Å². The van der Waals surface area contributed by atoms with E-state index in [1.807, 2.05) is 5.92 Å². The quantitative estimate of drug-likeness (QED) is 0.719. The molecule has 1 rings (SSSR count). The molecule has 0 unspecified atom stereocenters. The van der Waals surface area contributed by atoms with E-state index in [2.05, 4.69) is 9.84 Å². The SMILES string of the molecule is C#CCOc1c(Cl)cnn1C(F)(F)F. The van der Waals surface area contributed by atoms with Crippen LogP contribution >= 0.6 is 11.6 Å². The van der Waals surface area contributed by atoms with Crippen LogP contribution in [0.2, 0.25) is 5.02 Å². The predicted octanol–water partition coefficient (Wildman–Crippen LogP) is 2.02. The molecule has 0 aromatic carbocycles. The first-order chi connectivity index (χ1) is 6.46. The lowest BCUT2D eigenvalue weighted by Crippen LogP contribution is -2.19. The van der Waals surface area contributed by atoms with Crippen LogP contribution in [0.25, 0.3) is 0 Å². The van der Waals surface area contributed by atoms with Crippen molar-refractivity contribution in [1.29, 1.82) is 0 Å². The summed E-state index contributed by atoms with van der Waals surface area (Å²) in [6.45, 7) is -0.304. The molecule has 0 atom stereocenters. The number of hydrogen-bond acceptors (Lipinski definition) is 2. The van der Waals surface area contributed by atoms with Gasteiger partial charge in [0.2, 0.25) is 5.88 Å². The summed E-state index contributed by atoms with van der Waals surface area (Å²) in [5.41, 5.74) is 0. The normalized spacial score (nSPS) is 11.1. The van der Waals surface area contributed by atoms with E-state index in [4.69, 9.17) is 18.0 Å². The zero-order valence-electron chi connectivity index (χ0n) is 6.68. The number of nitrogens with zero attached hydrogens (tertiary/aromatic N) is 2. The van der Waals surface area contributed by atoms with Crippen molar-refractivity contribution in [1.82, 2.24) is 9.78 Å². The van der Waals surface area contributed by atoms with Gasteiger partial charge in [0.05, 0.1) is 6.20 Å². The van der Waals surface area contributed by atoms with Crippen molar-refractivity contribution >= 4 is 11.6 Å². The summed E-state index contributed by atoms with van der Waals surface area (Å²) in [5, 5.41) is 2.77. The van der Waals surface area contributed by atoms with Crippen molar-refractivity contribution in [3.8, 4) is 18.2 Å². The van der Waals surface area contributed by atoms with Gasteiger partial charge in [-0.25, -0.2) is 0 Å². The minimum atomic E-state index is -4.67. The lowest BCUT2D eigenvalue weighted by molar-refractivity contribution is -0.214. The van der Waals surface area contributed by atoms with E-state index in [0.29, 0.717) is 0 Å². The van der Waals surface area contributed by atoms with Gasteiger partial charge in [0.1, 0.15) is 5.02 Å². The smallest absolute Gasteiger partial charge is 0.463 e. The second-order valence-corrected chi connectivity index (χ2v) is 2.58. The van der Waals surface area contributed by atoms with E-state index in [-0.39, 0.29) is 16.3 Å². The van der Waals surface area contributed by atoms with Gasteiger partial charge >= 0.3 is 6.30 Å². The summed E-state index contributed by atoms with van der Waals surface area (Å²) in [7, 11) is 0. The van der Waals surface area contributed by atoms with Crippen LogP contribution in [0.5, 0.6) is 5.88 Å². The van der Waals surface area contributed by atoms with Gasteiger partial charge in [0.15, 0.2) is 6.61 Å². The van der Waals surface area contributed by atoms with Gasteiger partial charge in [-0.05, 0) is 0 Å². The molecule has 3 nitrogen and oxygen atoms in total. The molecule has 0 aliphatic rings. The highest BCUT2D eigenvalue weighted by Gasteiger charge is 2.36. The van der Waals surface area contributed by atoms with Crippen LogP contribution in [-0.4, -0.2) is 16.4 Å². The first-order valence-corrected chi connectivity index (χ1v) is 3.71. The molecule has 0 amide bonds. The molecule has 0 aliphatic carbocycles. The topological polar surface area (TPSA) is 27.1 Å². The summed E-state index contributed by atoms with van der Waals surface area (Å²) in [4.78, 5) is 0. The molecule has 0 spiro atoms. The van der Waals surface area contributed by atoms with Gasteiger partial charge in [-0.3, -0.25) is 0 Å². The average Bonchev–Trinajstić information content (AvgIpc) is 2.42. The van der Waals surface area contributed by atoms with E-state index in [9.17, 15) is 13.2 Å². The third kappa shape index (κ3) is 2.12. The fourth-order valence-corrected chi connectivity index (χ4v) is 0.916. The van der Waals surface area contributed by atoms with E-state index >= 15 is 0 Å². The molecule has 0 saturated heterocycles. The molecule has 76 valence electrons. The van der Waals surface area contributed by atoms with Crippen LogP contribution in [-0.2, 0) is 6.30 Å². The molecule has 14 heavy (non-hydrogen) atoms. The summed E-state index contributed by atoms with van der Waals surface area (Å²) in [6, 6.07) is 0. The second kappa shape index (κ2) is 3.80. The Morgan fingerprint density at radius 1 is 1.64 bits per heavy atom. The van der Waals surface area contributed by atoms with Crippen molar-refractivity contribution in [3.05, 3.63) is 11.2 Å². The summed E-state index contributed by atoms with van der Waals surface area (Å²) >= 11 is 5.41. The van der Waals surface area contributed by atoms with E-state index < -0.39 is 12.2 Å². The Balaban J connectivity index is 3.02. The summed E-state index contributed by atoms with van der Waals surface area (Å²) < 4.78 is 40.9. The first-order valence-electron chi connectivity index (χ1n) is 3.34. The molecule has 0 radical (unpaired) electrons. The van der Waals surface area contributed by atoms with Crippen LogP contribution in [0.4, 0.5) is 13.2 Å². The van der Waals surface area contributed by atoms with E-state index in [1.54, 1.807) is 0 Å². The number of terminal acetylenes is 1. The average molecular weight is 225 g/mol. The van der Waals surface area contributed by atoms with Crippen molar-refractivity contribution < 1.29 is 17.9 Å². The predicted molar refractivity (Wildman–Crippen MR) is 42.9 cm³/mol. The Kier molecular flexibility index (Phi) is 2.91. The van der Waals surface area contributed by atoms with Crippen molar-refractivity contribution in [2.24, 2.45) is 0 Å². The van der Waals surface area contributed by atoms with Crippen LogP contribution in [0.1, 0.15) is 0 Å². The highest BCUT2D eigenvalue weighted by molar-refractivity contribution is 6.31. The Morgan fingerprint density at radius 2 is 2.29 bits per heavy atom. The molecule has 7 heteroatoms. The highest BCUT2D eigenvalue weighted by Crippen LogP contribution is 2.32. The Hall–Kier alpha value is -1.35. The number of aromatic nitrogens is 2. The third-order valence-electron chi connectivity index (χ3n) is 1.22. The molecular weight excluding hydrogens is 221 g/mol. The fourth-order valence-electron chi connectivity index (χ4n) is 0.738. The first kappa shape index (κ1) is 10.7. The van der Waals surface area contributed by atoms with Crippen LogP contribution in [0.3, 0.4) is 0 Å². The monoisotopic (exact) mass is 224 g/mol. The minimum Gasteiger partial charge on any atom is -0.463 e. The zero-order valence-corrected chi connectivity index (χ0v) is 7.43. The Bertz CT molecular complexity index is 366. The maximum atomic E-state index is 12.2. The van der Waals surface area contributed by atoms with Gasteiger partial charge in [-0.2, -0.15) is 5.10 Å². The fraction of sp³-hybridized carbons (Fsp3) is 0.286. The van der Waals surface area contributed by atoms with Gasteiger partial charge in [0.25, 0.3) is 0 Å². The second-order valence-electron chi connectivity index (χ2n) is 2.17. The molecule has 0 fully saturated rings. The van der Waals surface area contributed by atoms with E-state index in [0.717, 1.165) is 6.20 Å². The van der Waals surface area contributed by atoms with Gasteiger partial charge < -0.3 is 4.74 Å². The standard InChI is InChI=1S/C7H4ClF3N2O/c1-2-3-14-6-5(8)4-12-13(6)7(9,10)11/h1,4H,3H2. The third-order valence-corrected chi connectivity index (χ3v) is 1.47. The van der Waals surface area contributed by atoms with Gasteiger partial charge in [-0.1, -0.05) is 17.5 Å². The molecule has 1 aromatic heterocycles. The largest absolute Gasteiger partial charge is 0.507 e. The maximum absolute atomic E-state index is 12.2. The van der Waals surface area contributed by atoms with Crippen LogP contribution < -0.4 is 4.74 Å². The summed E-state index contributed by atoms with van der Waals surface area (Å²) in [5.74, 6) is 1.42. The number of halogens is 4. The number of ether oxygens (including phenoxy) is 1. The molecule has 0 bridgehead atoms. The molecule has 1 aromatic rings. The van der Waals surface area contributed by atoms with Crippen molar-refractivity contribution in [3.63, 3.8) is 0 Å². The minimum absolute atomic E-state index is 0.238. The highest BCUT2D eigenvalue weighted by atomic mass is 35.5. The van der Waals surface area contributed by atoms with Crippen LogP contribution in [0.15, 0.2) is 6.20 Å². The molecular formula is C7H4ClF3N2O. The number of alkyl halides is 3. The number of rotatable bonds is 2. The van der Waals surface area contributed by atoms with Crippen LogP contribution in [0, 0.1) is 12.3 Å². The van der Waals surface area contributed by atoms with Crippen molar-refractivity contribution in [2.45, 2.75) is 6.30 Å². The zero-order chi connectivity index (χ0) is 10.8. The maximum Gasteiger partial charge on any atom is 0.507 e. The summed E-state index contributed by atoms with van der Waals surface area (Å²) in [6.07, 6.45) is 0.990. The molecule has 0 saturated carbocycles. The lowest BCUT2D eigenvalue weighted by Gasteiger charge is -2.09. The van der Waals surface area contributed by atoms with E-state index in [1.165, 1.54) is 0 Å². The van der Waals surface area contributed by atoms with Gasteiger partial charge in [-0.15, -0.1) is 24.3 Å². The number of hydrogen-bond donors (Lipinski definition) is 0. The molecule has 0 aliphatic heterocycles. The molecule has 1 heterocycles. The van der Waals surface area contributed by atoms with Crippen molar-refractivity contribution in [2.75, 3.05) is 6.61 Å². The van der Waals surface area contributed by atoms with Gasteiger partial charge in [0, 0.05) is 0 Å². The Morgan fingerprint density at radius 3 is 2.79 bits per heavy atom. The molecule has 0 N–H and O–H groups in total.